The van der Waals surface area contributed by atoms with Crippen LogP contribution in [0.3, 0.4) is 0 Å². The number of nitrogens with one attached hydrogen (secondary N) is 1. The Morgan fingerprint density at radius 1 is 1.57 bits per heavy atom. The molecule has 1 aromatic carbocycles. The molecule has 0 bridgehead atoms. The summed E-state index contributed by atoms with van der Waals surface area (Å²) in [5.41, 5.74) is -1.22. The number of nitro groups is 1. The Morgan fingerprint density at radius 3 is 2.76 bits per heavy atom. The fourth-order valence-corrected chi connectivity index (χ4v) is 1.86. The summed E-state index contributed by atoms with van der Waals surface area (Å²) >= 11 is 5.78. The highest BCUT2D eigenvalue weighted by molar-refractivity contribution is 6.30. The molecule has 1 atom stereocenters. The van der Waals surface area contributed by atoms with Crippen LogP contribution in [0.25, 0.3) is 0 Å². The summed E-state index contributed by atoms with van der Waals surface area (Å²) in [4.78, 5) is 21.4. The van der Waals surface area contributed by atoms with E-state index < -0.39 is 16.4 Å². The van der Waals surface area contributed by atoms with E-state index in [-0.39, 0.29) is 18.0 Å². The zero-order valence-corrected chi connectivity index (χ0v) is 12.5. The molecule has 116 valence electrons. The molecule has 0 aliphatic heterocycles. The minimum absolute atomic E-state index is 0.0778. The Bertz CT molecular complexity index is 537. The van der Waals surface area contributed by atoms with Crippen molar-refractivity contribution in [1.82, 2.24) is 5.32 Å². The van der Waals surface area contributed by atoms with Crippen LogP contribution in [0.15, 0.2) is 18.2 Å². The Kier molecular flexibility index (Phi) is 5.92. The van der Waals surface area contributed by atoms with Gasteiger partial charge in [-0.05, 0) is 32.9 Å². The molecule has 1 rings (SSSR count). The average molecular weight is 317 g/mol. The fourth-order valence-electron chi connectivity index (χ4n) is 1.70. The summed E-state index contributed by atoms with van der Waals surface area (Å²) in [7, 11) is 1.57. The zero-order valence-electron chi connectivity index (χ0n) is 11.8. The molecule has 2 N–H and O–H groups in total. The smallest absolute Gasteiger partial charge is 0.323 e. The first-order valence-electron chi connectivity index (χ1n) is 6.29. The molecule has 0 fully saturated rings. The maximum absolute atomic E-state index is 11.1. The molecule has 0 heterocycles. The van der Waals surface area contributed by atoms with Crippen molar-refractivity contribution in [3.05, 3.63) is 33.3 Å². The number of hydrogen-bond acceptors (Lipinski definition) is 5. The van der Waals surface area contributed by atoms with Crippen LogP contribution >= 0.6 is 11.6 Å². The van der Waals surface area contributed by atoms with Crippen LogP contribution < -0.4 is 10.1 Å². The topological polar surface area (TPSA) is 102 Å². The molecule has 0 spiro atoms. The molecule has 1 unspecified atom stereocenters. The van der Waals surface area contributed by atoms with Crippen molar-refractivity contribution in [2.75, 3.05) is 13.7 Å². The number of rotatable bonds is 8. The van der Waals surface area contributed by atoms with Crippen LogP contribution in [0.4, 0.5) is 5.69 Å². The van der Waals surface area contributed by atoms with E-state index in [0.29, 0.717) is 17.9 Å². The SMILES string of the molecule is CNC(C)(CCCOc1cc(Cl)ccc1[N+](=O)[O-])C(=O)O. The third-order valence-corrected chi connectivity index (χ3v) is 3.46. The minimum atomic E-state index is -1.05. The summed E-state index contributed by atoms with van der Waals surface area (Å²) in [6, 6.07) is 4.05. The number of benzene rings is 1. The van der Waals surface area contributed by atoms with Crippen LogP contribution in [0, 0.1) is 10.1 Å². The molecular weight excluding hydrogens is 300 g/mol. The molecule has 0 aliphatic carbocycles. The number of nitro benzene ring substituents is 1. The second kappa shape index (κ2) is 7.24. The first kappa shape index (κ1) is 17.2. The fraction of sp³-hybridized carbons (Fsp3) is 0.462. The van der Waals surface area contributed by atoms with Gasteiger partial charge in [-0.25, -0.2) is 0 Å². The van der Waals surface area contributed by atoms with Gasteiger partial charge in [0.1, 0.15) is 5.54 Å². The largest absolute Gasteiger partial charge is 0.487 e. The van der Waals surface area contributed by atoms with E-state index in [1.807, 2.05) is 0 Å². The molecule has 0 saturated heterocycles. The predicted octanol–water partition coefficient (Wildman–Crippen LogP) is 2.47. The van der Waals surface area contributed by atoms with Crippen molar-refractivity contribution in [2.24, 2.45) is 0 Å². The van der Waals surface area contributed by atoms with Crippen molar-refractivity contribution in [1.29, 1.82) is 0 Å². The van der Waals surface area contributed by atoms with Crippen molar-refractivity contribution in [3.8, 4) is 5.75 Å². The Morgan fingerprint density at radius 2 is 2.24 bits per heavy atom. The van der Waals surface area contributed by atoms with Crippen molar-refractivity contribution >= 4 is 23.3 Å². The number of carboxylic acids is 1. The van der Waals surface area contributed by atoms with Crippen LogP contribution in [0.5, 0.6) is 5.75 Å². The Balaban J connectivity index is 2.63. The predicted molar refractivity (Wildman–Crippen MR) is 77.9 cm³/mol. The molecule has 0 amide bonds. The zero-order chi connectivity index (χ0) is 16.0. The first-order chi connectivity index (χ1) is 9.80. The highest BCUT2D eigenvalue weighted by Gasteiger charge is 2.30. The summed E-state index contributed by atoms with van der Waals surface area (Å²) in [6.45, 7) is 1.73. The van der Waals surface area contributed by atoms with Crippen LogP contribution in [0.2, 0.25) is 5.02 Å². The van der Waals surface area contributed by atoms with Crippen LogP contribution in [-0.2, 0) is 4.79 Å². The number of carbonyl (C=O) groups is 1. The van der Waals surface area contributed by atoms with E-state index in [4.69, 9.17) is 21.4 Å². The van der Waals surface area contributed by atoms with Gasteiger partial charge in [-0.15, -0.1) is 0 Å². The van der Waals surface area contributed by atoms with E-state index >= 15 is 0 Å². The number of nitrogens with zero attached hydrogens (tertiary/aromatic N) is 1. The van der Waals surface area contributed by atoms with Crippen molar-refractivity contribution < 1.29 is 19.6 Å². The molecule has 0 saturated carbocycles. The van der Waals surface area contributed by atoms with Crippen molar-refractivity contribution in [2.45, 2.75) is 25.3 Å². The normalized spacial score (nSPS) is 13.5. The van der Waals surface area contributed by atoms with Gasteiger partial charge in [-0.2, -0.15) is 0 Å². The minimum Gasteiger partial charge on any atom is -0.487 e. The molecule has 0 radical (unpaired) electrons. The van der Waals surface area contributed by atoms with Gasteiger partial charge < -0.3 is 15.2 Å². The van der Waals surface area contributed by atoms with Gasteiger partial charge in [-0.1, -0.05) is 11.6 Å². The number of halogens is 1. The highest BCUT2D eigenvalue weighted by Crippen LogP contribution is 2.30. The second-order valence-electron chi connectivity index (χ2n) is 4.71. The van der Waals surface area contributed by atoms with Gasteiger partial charge in [0, 0.05) is 17.2 Å². The maximum atomic E-state index is 11.1. The van der Waals surface area contributed by atoms with E-state index in [9.17, 15) is 14.9 Å². The lowest BCUT2D eigenvalue weighted by atomic mass is 9.96. The highest BCUT2D eigenvalue weighted by atomic mass is 35.5. The Labute approximate surface area is 127 Å². The summed E-state index contributed by atoms with van der Waals surface area (Å²) < 4.78 is 5.35. The lowest BCUT2D eigenvalue weighted by Crippen LogP contribution is -2.47. The van der Waals surface area contributed by atoms with Crippen LogP contribution in [-0.4, -0.2) is 35.2 Å². The van der Waals surface area contributed by atoms with Gasteiger partial charge in [0.25, 0.3) is 0 Å². The van der Waals surface area contributed by atoms with Gasteiger partial charge in [-0.3, -0.25) is 14.9 Å². The monoisotopic (exact) mass is 316 g/mol. The van der Waals surface area contributed by atoms with Crippen LogP contribution in [0.1, 0.15) is 19.8 Å². The quantitative estimate of drug-likeness (QED) is 0.434. The first-order valence-corrected chi connectivity index (χ1v) is 6.67. The van der Waals surface area contributed by atoms with E-state index in [1.165, 1.54) is 18.2 Å². The second-order valence-corrected chi connectivity index (χ2v) is 5.14. The molecule has 7 nitrogen and oxygen atoms in total. The number of hydrogen-bond donors (Lipinski definition) is 2. The van der Waals surface area contributed by atoms with Crippen molar-refractivity contribution in [3.63, 3.8) is 0 Å². The molecule has 8 heteroatoms. The molecular formula is C13H17ClN2O5. The number of carboxylic acid groups (broad SMARTS) is 1. The summed E-state index contributed by atoms with van der Waals surface area (Å²) in [5, 5.41) is 23.0. The van der Waals surface area contributed by atoms with Gasteiger partial charge in [0.2, 0.25) is 0 Å². The molecule has 0 aromatic heterocycles. The number of ether oxygens (including phenoxy) is 1. The average Bonchev–Trinajstić information content (AvgIpc) is 2.42. The summed E-state index contributed by atoms with van der Waals surface area (Å²) in [6.07, 6.45) is 0.751. The lowest BCUT2D eigenvalue weighted by Gasteiger charge is -2.23. The van der Waals surface area contributed by atoms with Gasteiger partial charge in [0.05, 0.1) is 11.5 Å². The molecule has 1 aromatic rings. The van der Waals surface area contributed by atoms with E-state index in [1.54, 1.807) is 14.0 Å². The van der Waals surface area contributed by atoms with E-state index in [2.05, 4.69) is 5.32 Å². The summed E-state index contributed by atoms with van der Waals surface area (Å²) in [5.74, 6) is -0.882. The van der Waals surface area contributed by atoms with Gasteiger partial charge >= 0.3 is 11.7 Å². The van der Waals surface area contributed by atoms with E-state index in [0.717, 1.165) is 0 Å². The number of aliphatic carboxylic acids is 1. The standard InChI is InChI=1S/C13H17ClN2O5/c1-13(15-2,12(17)18)6-3-7-21-11-8-9(14)4-5-10(11)16(19)20/h4-5,8,15H,3,6-7H2,1-2H3,(H,17,18). The molecule has 0 aliphatic rings. The third kappa shape index (κ3) is 4.57. The molecule has 21 heavy (non-hydrogen) atoms. The third-order valence-electron chi connectivity index (χ3n) is 3.22. The number of likely N-dealkylation sites (N-methyl/N-ethyl adjacent to an activating group) is 1. The Hall–Kier alpha value is -1.86. The van der Waals surface area contributed by atoms with Gasteiger partial charge in [0.15, 0.2) is 5.75 Å². The lowest BCUT2D eigenvalue weighted by molar-refractivity contribution is -0.385. The maximum Gasteiger partial charge on any atom is 0.323 e.